The highest BCUT2D eigenvalue weighted by molar-refractivity contribution is 5.96. The van der Waals surface area contributed by atoms with Gasteiger partial charge in [-0.2, -0.15) is 0 Å². The minimum Gasteiger partial charge on any atom is -0.496 e. The Morgan fingerprint density at radius 3 is 2.54 bits per heavy atom. The summed E-state index contributed by atoms with van der Waals surface area (Å²) in [5.74, 6) is 0.739. The molecule has 0 saturated carbocycles. The molecule has 1 saturated heterocycles. The summed E-state index contributed by atoms with van der Waals surface area (Å²) in [5, 5.41) is 3.09. The fourth-order valence-electron chi connectivity index (χ4n) is 3.52. The monoisotopic (exact) mass is 352 g/mol. The molecule has 1 atom stereocenters. The Kier molecular flexibility index (Phi) is 6.29. The molecule has 0 spiro atoms. The van der Waals surface area contributed by atoms with Crippen molar-refractivity contribution in [3.05, 3.63) is 54.1 Å². The molecule has 2 aromatic rings. The summed E-state index contributed by atoms with van der Waals surface area (Å²) >= 11 is 0. The summed E-state index contributed by atoms with van der Waals surface area (Å²) in [7, 11) is 1.65. The van der Waals surface area contributed by atoms with Crippen LogP contribution in [0.2, 0.25) is 0 Å². The summed E-state index contributed by atoms with van der Waals surface area (Å²) in [6, 6.07) is 16.0. The molecule has 0 aliphatic carbocycles. The van der Waals surface area contributed by atoms with Crippen molar-refractivity contribution in [3.8, 4) is 16.9 Å². The summed E-state index contributed by atoms with van der Waals surface area (Å²) in [4.78, 5) is 15.1. The van der Waals surface area contributed by atoms with Crippen LogP contribution in [0.3, 0.4) is 0 Å². The van der Waals surface area contributed by atoms with Crippen molar-refractivity contribution in [2.75, 3.05) is 26.7 Å². The van der Waals surface area contributed by atoms with Gasteiger partial charge in [-0.1, -0.05) is 36.8 Å². The average Bonchev–Trinajstić information content (AvgIpc) is 2.72. The lowest BCUT2D eigenvalue weighted by molar-refractivity contribution is 0.0930. The van der Waals surface area contributed by atoms with Crippen LogP contribution < -0.4 is 10.1 Å². The van der Waals surface area contributed by atoms with Gasteiger partial charge < -0.3 is 10.1 Å². The molecule has 4 nitrogen and oxygen atoms in total. The number of methoxy groups -OCH3 is 1. The minimum atomic E-state index is -0.0336. The summed E-state index contributed by atoms with van der Waals surface area (Å²) in [5.41, 5.74) is 2.64. The van der Waals surface area contributed by atoms with Gasteiger partial charge in [-0.15, -0.1) is 0 Å². The molecule has 26 heavy (non-hydrogen) atoms. The van der Waals surface area contributed by atoms with Crippen molar-refractivity contribution < 1.29 is 9.53 Å². The zero-order valence-electron chi connectivity index (χ0n) is 15.7. The number of benzene rings is 2. The van der Waals surface area contributed by atoms with Crippen LogP contribution in [0.1, 0.15) is 36.5 Å². The van der Waals surface area contributed by atoms with Crippen molar-refractivity contribution in [2.45, 2.75) is 32.2 Å². The molecule has 1 fully saturated rings. The van der Waals surface area contributed by atoms with E-state index in [0.29, 0.717) is 18.2 Å². The largest absolute Gasteiger partial charge is 0.496 e. The molecule has 0 radical (unpaired) electrons. The molecule has 0 aromatic heterocycles. The quantitative estimate of drug-likeness (QED) is 0.855. The number of ether oxygens (including phenoxy) is 1. The molecule has 2 aromatic carbocycles. The topological polar surface area (TPSA) is 41.6 Å². The number of rotatable bonds is 6. The van der Waals surface area contributed by atoms with Gasteiger partial charge in [0, 0.05) is 23.7 Å². The predicted molar refractivity (Wildman–Crippen MR) is 106 cm³/mol. The number of carbonyl (C=O) groups is 1. The van der Waals surface area contributed by atoms with Crippen molar-refractivity contribution in [1.29, 1.82) is 0 Å². The maximum atomic E-state index is 12.6. The molecular weight excluding hydrogens is 324 g/mol. The van der Waals surface area contributed by atoms with Crippen LogP contribution in [0.5, 0.6) is 5.75 Å². The summed E-state index contributed by atoms with van der Waals surface area (Å²) < 4.78 is 5.47. The maximum absolute atomic E-state index is 12.6. The van der Waals surface area contributed by atoms with Crippen LogP contribution in [0.4, 0.5) is 0 Å². The summed E-state index contributed by atoms with van der Waals surface area (Å²) in [6.07, 6.45) is 3.85. The highest BCUT2D eigenvalue weighted by atomic mass is 16.5. The first kappa shape index (κ1) is 18.5. The first-order valence-corrected chi connectivity index (χ1v) is 9.45. The minimum absolute atomic E-state index is 0.0336. The van der Waals surface area contributed by atoms with E-state index in [1.807, 2.05) is 48.5 Å². The number of carbonyl (C=O) groups excluding carboxylic acids is 1. The fraction of sp³-hybridized carbons (Fsp3) is 0.409. The SMILES string of the molecule is COc1ccc(C(=O)NCC(C)N2CCCCC2)cc1-c1ccccc1. The lowest BCUT2D eigenvalue weighted by Gasteiger charge is -2.32. The number of likely N-dealkylation sites (tertiary alicyclic amines) is 1. The third-order valence-electron chi connectivity index (χ3n) is 5.12. The Morgan fingerprint density at radius 2 is 1.85 bits per heavy atom. The first-order chi connectivity index (χ1) is 12.7. The van der Waals surface area contributed by atoms with Gasteiger partial charge in [0.2, 0.25) is 0 Å². The van der Waals surface area contributed by atoms with Crippen LogP contribution in [0.15, 0.2) is 48.5 Å². The Labute approximate surface area is 156 Å². The number of nitrogens with one attached hydrogen (secondary N) is 1. The van der Waals surface area contributed by atoms with E-state index < -0.39 is 0 Å². The second-order valence-electron chi connectivity index (χ2n) is 6.94. The van der Waals surface area contributed by atoms with Gasteiger partial charge in [0.15, 0.2) is 0 Å². The van der Waals surface area contributed by atoms with Crippen molar-refractivity contribution >= 4 is 5.91 Å². The van der Waals surface area contributed by atoms with E-state index >= 15 is 0 Å². The number of amides is 1. The van der Waals surface area contributed by atoms with Crippen LogP contribution in [0.25, 0.3) is 11.1 Å². The summed E-state index contributed by atoms with van der Waals surface area (Å²) in [6.45, 7) is 5.13. The van der Waals surface area contributed by atoms with E-state index in [4.69, 9.17) is 4.74 Å². The first-order valence-electron chi connectivity index (χ1n) is 9.45. The van der Waals surface area contributed by atoms with Crippen molar-refractivity contribution in [3.63, 3.8) is 0 Å². The van der Waals surface area contributed by atoms with Crippen LogP contribution >= 0.6 is 0 Å². The predicted octanol–water partition coefficient (Wildman–Crippen LogP) is 3.97. The Bertz CT molecular complexity index is 724. The smallest absolute Gasteiger partial charge is 0.251 e. The van der Waals surface area contributed by atoms with E-state index in [1.165, 1.54) is 19.3 Å². The molecule has 1 aliphatic rings. The van der Waals surface area contributed by atoms with Crippen LogP contribution in [-0.4, -0.2) is 43.6 Å². The molecule has 1 amide bonds. The molecule has 3 rings (SSSR count). The molecule has 138 valence electrons. The van der Waals surface area contributed by atoms with Crippen LogP contribution in [-0.2, 0) is 0 Å². The molecular formula is C22H28N2O2. The molecule has 1 unspecified atom stereocenters. The molecule has 1 aliphatic heterocycles. The molecule has 1 heterocycles. The third kappa shape index (κ3) is 4.44. The van der Waals surface area contributed by atoms with E-state index in [-0.39, 0.29) is 5.91 Å². The lowest BCUT2D eigenvalue weighted by atomic mass is 10.0. The Hall–Kier alpha value is -2.33. The van der Waals surface area contributed by atoms with E-state index in [2.05, 4.69) is 17.1 Å². The highest BCUT2D eigenvalue weighted by Gasteiger charge is 2.18. The second-order valence-corrected chi connectivity index (χ2v) is 6.94. The second kappa shape index (κ2) is 8.86. The van der Waals surface area contributed by atoms with Gasteiger partial charge in [-0.25, -0.2) is 0 Å². The van der Waals surface area contributed by atoms with Crippen molar-refractivity contribution in [1.82, 2.24) is 10.2 Å². The Morgan fingerprint density at radius 1 is 1.12 bits per heavy atom. The average molecular weight is 352 g/mol. The van der Waals surface area contributed by atoms with E-state index in [0.717, 1.165) is 30.0 Å². The van der Waals surface area contributed by atoms with Gasteiger partial charge in [0.25, 0.3) is 5.91 Å². The molecule has 4 heteroatoms. The molecule has 1 N–H and O–H groups in total. The van der Waals surface area contributed by atoms with Crippen LogP contribution in [0, 0.1) is 0 Å². The third-order valence-corrected chi connectivity index (χ3v) is 5.12. The zero-order valence-corrected chi connectivity index (χ0v) is 15.7. The standard InChI is InChI=1S/C22H28N2O2/c1-17(24-13-7-4-8-14-24)16-23-22(25)19-11-12-21(26-2)20(15-19)18-9-5-3-6-10-18/h3,5-6,9-12,15,17H,4,7-8,13-14,16H2,1-2H3,(H,23,25). The number of hydrogen-bond donors (Lipinski definition) is 1. The van der Waals surface area contributed by atoms with Gasteiger partial charge in [0.05, 0.1) is 7.11 Å². The van der Waals surface area contributed by atoms with Gasteiger partial charge in [-0.3, -0.25) is 9.69 Å². The number of nitrogens with zero attached hydrogens (tertiary/aromatic N) is 1. The number of piperidine rings is 1. The zero-order chi connectivity index (χ0) is 18.4. The molecule has 0 bridgehead atoms. The van der Waals surface area contributed by atoms with E-state index in [1.54, 1.807) is 7.11 Å². The van der Waals surface area contributed by atoms with Gasteiger partial charge >= 0.3 is 0 Å². The fourth-order valence-corrected chi connectivity index (χ4v) is 3.52. The highest BCUT2D eigenvalue weighted by Crippen LogP contribution is 2.30. The van der Waals surface area contributed by atoms with Crippen molar-refractivity contribution in [2.24, 2.45) is 0 Å². The van der Waals surface area contributed by atoms with E-state index in [9.17, 15) is 4.79 Å². The van der Waals surface area contributed by atoms with Gasteiger partial charge in [0.1, 0.15) is 5.75 Å². The number of hydrogen-bond acceptors (Lipinski definition) is 3. The normalized spacial score (nSPS) is 16.1. The maximum Gasteiger partial charge on any atom is 0.251 e. The lowest BCUT2D eigenvalue weighted by Crippen LogP contribution is -2.44. The van der Waals surface area contributed by atoms with Gasteiger partial charge in [-0.05, 0) is 56.6 Å². The Balaban J connectivity index is 1.69.